The van der Waals surface area contributed by atoms with Crippen LogP contribution >= 0.6 is 0 Å². The number of hydrogen-bond donors (Lipinski definition) is 3. The number of aliphatic hydroxyl groups excluding tert-OH is 2. The quantitative estimate of drug-likeness (QED) is 0.543. The minimum absolute atomic E-state index is 0.167. The van der Waals surface area contributed by atoms with E-state index < -0.39 is 12.1 Å². The van der Waals surface area contributed by atoms with Gasteiger partial charge in [-0.15, -0.1) is 0 Å². The van der Waals surface area contributed by atoms with E-state index in [1.807, 2.05) is 0 Å². The van der Waals surface area contributed by atoms with Crippen molar-refractivity contribution in [2.75, 3.05) is 7.11 Å². The van der Waals surface area contributed by atoms with Gasteiger partial charge in [0.2, 0.25) is 0 Å². The van der Waals surface area contributed by atoms with E-state index >= 15 is 0 Å². The topological polar surface area (TPSA) is 77.8 Å². The van der Waals surface area contributed by atoms with Gasteiger partial charge in [-0.3, -0.25) is 0 Å². The maximum atomic E-state index is 10.6. The van der Waals surface area contributed by atoms with Gasteiger partial charge in [-0.05, 0) is 13.8 Å². The molecular weight excluding hydrogens is 193 g/mol. The molecule has 0 heterocycles. The molecule has 7 heteroatoms. The number of carboxylic acid groups (broad SMARTS) is 1. The second-order valence-corrected chi connectivity index (χ2v) is 1.90. The minimum Gasteiger partial charge on any atom is -0.475 e. The molecule has 13 heavy (non-hydrogen) atoms. The van der Waals surface area contributed by atoms with Gasteiger partial charge >= 0.3 is 12.1 Å². The molecule has 0 aliphatic heterocycles. The molecule has 4 nitrogen and oxygen atoms in total. The molecule has 0 unspecified atom stereocenters. The van der Waals surface area contributed by atoms with Gasteiger partial charge in [0.1, 0.15) is 0 Å². The van der Waals surface area contributed by atoms with E-state index in [-0.39, 0.29) is 6.10 Å². The molecule has 0 aromatic carbocycles. The fraction of sp³-hybridized carbons (Fsp3) is 0.833. The zero-order chi connectivity index (χ0) is 11.7. The fourth-order valence-electron chi connectivity index (χ4n) is 0. The third kappa shape index (κ3) is 35.1. The number of rotatable bonds is 0. The molecule has 0 rings (SSSR count). The number of aliphatic carboxylic acids is 1. The fourth-order valence-corrected chi connectivity index (χ4v) is 0. The van der Waals surface area contributed by atoms with Gasteiger partial charge in [0.25, 0.3) is 0 Å². The van der Waals surface area contributed by atoms with Gasteiger partial charge in [-0.2, -0.15) is 13.2 Å². The summed E-state index contributed by atoms with van der Waals surface area (Å²) < 4.78 is 31.7. The molecule has 0 amide bonds. The summed E-state index contributed by atoms with van der Waals surface area (Å²) >= 11 is 0. The average Bonchev–Trinajstić information content (AvgIpc) is 1.88. The van der Waals surface area contributed by atoms with E-state index in [4.69, 9.17) is 20.1 Å². The van der Waals surface area contributed by atoms with E-state index in [1.54, 1.807) is 13.8 Å². The lowest BCUT2D eigenvalue weighted by molar-refractivity contribution is -0.192. The molecule has 0 aromatic rings. The van der Waals surface area contributed by atoms with Crippen LogP contribution in [0.5, 0.6) is 0 Å². The van der Waals surface area contributed by atoms with Gasteiger partial charge in [-0.25, -0.2) is 4.79 Å². The second-order valence-electron chi connectivity index (χ2n) is 1.90. The molecule has 0 atom stereocenters. The van der Waals surface area contributed by atoms with Crippen LogP contribution in [0.15, 0.2) is 0 Å². The number of carboxylic acids is 1. The predicted molar refractivity (Wildman–Crippen MR) is 39.2 cm³/mol. The van der Waals surface area contributed by atoms with Crippen molar-refractivity contribution in [3.63, 3.8) is 0 Å². The Morgan fingerprint density at radius 1 is 1.23 bits per heavy atom. The normalized spacial score (nSPS) is 9.31. The maximum Gasteiger partial charge on any atom is 0.490 e. The van der Waals surface area contributed by atoms with Gasteiger partial charge in [0.05, 0.1) is 0 Å². The second kappa shape index (κ2) is 9.27. The average molecular weight is 206 g/mol. The zero-order valence-electron chi connectivity index (χ0n) is 7.46. The first-order valence-electron chi connectivity index (χ1n) is 3.10. The Morgan fingerprint density at radius 2 is 1.31 bits per heavy atom. The number of hydrogen-bond acceptors (Lipinski definition) is 3. The van der Waals surface area contributed by atoms with Crippen molar-refractivity contribution >= 4 is 5.97 Å². The van der Waals surface area contributed by atoms with Gasteiger partial charge in [0.15, 0.2) is 0 Å². The Bertz CT molecular complexity index is 119. The van der Waals surface area contributed by atoms with E-state index in [2.05, 4.69) is 0 Å². The SMILES string of the molecule is CC(C)O.CO.O=C(O)C(F)(F)F. The Balaban J connectivity index is -0.000000142. The van der Waals surface area contributed by atoms with E-state index in [0.29, 0.717) is 0 Å². The lowest BCUT2D eigenvalue weighted by atomic mass is 10.5. The van der Waals surface area contributed by atoms with Crippen molar-refractivity contribution in [1.82, 2.24) is 0 Å². The standard InChI is InChI=1S/C3H8O.C2HF3O2.CH4O/c1-3(2)4;3-2(4,5)1(6)7;1-2/h3-4H,1-2H3;(H,6,7);2H,1H3. The van der Waals surface area contributed by atoms with Crippen LogP contribution in [-0.4, -0.2) is 40.7 Å². The molecule has 0 radical (unpaired) electrons. The summed E-state index contributed by atoms with van der Waals surface area (Å²) in [6, 6.07) is 0. The predicted octanol–water partition coefficient (Wildman–Crippen LogP) is 0.629. The van der Waals surface area contributed by atoms with Crippen LogP contribution in [0.4, 0.5) is 13.2 Å². The van der Waals surface area contributed by atoms with Crippen LogP contribution < -0.4 is 0 Å². The Morgan fingerprint density at radius 3 is 1.31 bits per heavy atom. The van der Waals surface area contributed by atoms with Crippen LogP contribution in [0.1, 0.15) is 13.8 Å². The molecule has 0 aliphatic rings. The molecular formula is C6H13F3O4. The highest BCUT2D eigenvalue weighted by Gasteiger charge is 2.38. The maximum absolute atomic E-state index is 10.6. The van der Waals surface area contributed by atoms with Crippen molar-refractivity contribution < 1.29 is 33.3 Å². The first kappa shape index (κ1) is 18.1. The zero-order valence-corrected chi connectivity index (χ0v) is 7.46. The molecule has 0 fully saturated rings. The lowest BCUT2D eigenvalue weighted by Gasteiger charge is -1.93. The summed E-state index contributed by atoms with van der Waals surface area (Å²) in [4.78, 5) is 8.90. The van der Waals surface area contributed by atoms with Gasteiger partial charge < -0.3 is 15.3 Å². The first-order valence-corrected chi connectivity index (χ1v) is 3.10. The third-order valence-corrected chi connectivity index (χ3v) is 0.243. The van der Waals surface area contributed by atoms with Crippen molar-refractivity contribution in [1.29, 1.82) is 0 Å². The Hall–Kier alpha value is -0.820. The largest absolute Gasteiger partial charge is 0.490 e. The van der Waals surface area contributed by atoms with Crippen molar-refractivity contribution in [2.45, 2.75) is 26.1 Å². The van der Waals surface area contributed by atoms with Crippen molar-refractivity contribution in [3.05, 3.63) is 0 Å². The number of halogens is 3. The van der Waals surface area contributed by atoms with Gasteiger partial charge in [0, 0.05) is 13.2 Å². The lowest BCUT2D eigenvalue weighted by Crippen LogP contribution is -2.21. The molecule has 0 saturated heterocycles. The summed E-state index contributed by atoms with van der Waals surface area (Å²) in [5, 5.41) is 22.2. The van der Waals surface area contributed by atoms with Crippen molar-refractivity contribution in [3.8, 4) is 0 Å². The highest BCUT2D eigenvalue weighted by atomic mass is 19.4. The summed E-state index contributed by atoms with van der Waals surface area (Å²) in [5.74, 6) is -2.76. The molecule has 82 valence electrons. The number of aliphatic hydroxyl groups is 2. The molecule has 0 saturated carbocycles. The molecule has 0 aromatic heterocycles. The van der Waals surface area contributed by atoms with Crippen LogP contribution in [-0.2, 0) is 4.79 Å². The smallest absolute Gasteiger partial charge is 0.475 e. The summed E-state index contributed by atoms with van der Waals surface area (Å²) in [6.07, 6.45) is -5.25. The van der Waals surface area contributed by atoms with Crippen LogP contribution in [0.25, 0.3) is 0 Å². The van der Waals surface area contributed by atoms with Crippen LogP contribution in [0.2, 0.25) is 0 Å². The Labute approximate surface area is 73.6 Å². The van der Waals surface area contributed by atoms with Crippen LogP contribution in [0, 0.1) is 0 Å². The molecule has 0 aliphatic carbocycles. The first-order chi connectivity index (χ1) is 5.68. The summed E-state index contributed by atoms with van der Waals surface area (Å²) in [7, 11) is 1.00. The summed E-state index contributed by atoms with van der Waals surface area (Å²) in [6.45, 7) is 3.44. The third-order valence-electron chi connectivity index (χ3n) is 0.243. The highest BCUT2D eigenvalue weighted by molar-refractivity contribution is 5.73. The minimum atomic E-state index is -5.08. The van der Waals surface area contributed by atoms with Crippen LogP contribution in [0.3, 0.4) is 0 Å². The molecule has 0 spiro atoms. The van der Waals surface area contributed by atoms with Gasteiger partial charge in [-0.1, -0.05) is 0 Å². The summed E-state index contributed by atoms with van der Waals surface area (Å²) in [5.41, 5.74) is 0. The number of alkyl halides is 3. The van der Waals surface area contributed by atoms with E-state index in [9.17, 15) is 13.2 Å². The molecule has 0 bridgehead atoms. The van der Waals surface area contributed by atoms with E-state index in [1.165, 1.54) is 0 Å². The Kier molecular flexibility index (Phi) is 12.9. The monoisotopic (exact) mass is 206 g/mol. The number of carbonyl (C=O) groups is 1. The highest BCUT2D eigenvalue weighted by Crippen LogP contribution is 2.13. The molecule has 3 N–H and O–H groups in total. The van der Waals surface area contributed by atoms with E-state index in [0.717, 1.165) is 7.11 Å². The van der Waals surface area contributed by atoms with Crippen molar-refractivity contribution in [2.24, 2.45) is 0 Å².